The number of thioether (sulfide) groups is 1. The van der Waals surface area contributed by atoms with Crippen LogP contribution in [0.4, 0.5) is 11.4 Å². The maximum absolute atomic E-state index is 13.3. The molecule has 40 heavy (non-hydrogen) atoms. The first-order chi connectivity index (χ1) is 19.3. The van der Waals surface area contributed by atoms with Crippen LogP contribution in [0.5, 0.6) is 0 Å². The number of hydrogen-bond donors (Lipinski definition) is 3. The monoisotopic (exact) mass is 589 g/mol. The molecule has 4 aromatic rings. The Morgan fingerprint density at radius 2 is 1.57 bits per heavy atom. The Labute approximate surface area is 246 Å². The zero-order chi connectivity index (χ0) is 28.5. The minimum Gasteiger partial charge on any atom is -0.325 e. The lowest BCUT2D eigenvalue weighted by atomic mass is 10.1. The first-order valence-electron chi connectivity index (χ1n) is 12.2. The Balaban J connectivity index is 1.48. The van der Waals surface area contributed by atoms with E-state index in [4.69, 9.17) is 23.2 Å². The molecule has 0 bridgehead atoms. The van der Waals surface area contributed by atoms with Gasteiger partial charge in [0.25, 0.3) is 11.8 Å². The fourth-order valence-corrected chi connectivity index (χ4v) is 4.84. The molecule has 0 fully saturated rings. The second-order valence-electron chi connectivity index (χ2n) is 8.68. The lowest BCUT2D eigenvalue weighted by Gasteiger charge is -2.13. The maximum atomic E-state index is 13.3. The van der Waals surface area contributed by atoms with Crippen molar-refractivity contribution in [3.63, 3.8) is 0 Å². The largest absolute Gasteiger partial charge is 0.325 e. The van der Waals surface area contributed by atoms with Crippen LogP contribution in [0.15, 0.2) is 108 Å². The molecule has 4 aromatic carbocycles. The molecule has 0 aliphatic carbocycles. The van der Waals surface area contributed by atoms with Crippen molar-refractivity contribution in [2.75, 3.05) is 16.4 Å². The summed E-state index contributed by atoms with van der Waals surface area (Å²) in [5.74, 6) is -0.938. The quantitative estimate of drug-likeness (QED) is 0.140. The summed E-state index contributed by atoms with van der Waals surface area (Å²) in [6.07, 6.45) is 1.49. The number of aryl methyl sites for hydroxylation is 1. The highest BCUT2D eigenvalue weighted by Gasteiger charge is 2.16. The summed E-state index contributed by atoms with van der Waals surface area (Å²) in [7, 11) is 0. The molecule has 0 aliphatic heterocycles. The van der Waals surface area contributed by atoms with Gasteiger partial charge in [0.1, 0.15) is 5.70 Å². The van der Waals surface area contributed by atoms with Gasteiger partial charge in [-0.1, -0.05) is 71.7 Å². The summed E-state index contributed by atoms with van der Waals surface area (Å²) >= 11 is 13.7. The number of para-hydroxylation sites is 1. The van der Waals surface area contributed by atoms with Crippen LogP contribution in [0, 0.1) is 6.92 Å². The number of benzene rings is 4. The maximum Gasteiger partial charge on any atom is 0.272 e. The van der Waals surface area contributed by atoms with Gasteiger partial charge in [0.05, 0.1) is 5.75 Å². The number of rotatable bonds is 9. The van der Waals surface area contributed by atoms with Gasteiger partial charge >= 0.3 is 0 Å². The van der Waals surface area contributed by atoms with Crippen molar-refractivity contribution in [2.24, 2.45) is 0 Å². The average Bonchev–Trinajstić information content (AvgIpc) is 2.94. The van der Waals surface area contributed by atoms with Crippen molar-refractivity contribution in [3.05, 3.63) is 129 Å². The van der Waals surface area contributed by atoms with Crippen LogP contribution < -0.4 is 16.0 Å². The molecule has 0 aliphatic rings. The SMILES string of the molecule is Cc1ccccc1NC(=O)CSc1cccc(NC(=O)/C(=C\c2ccc(Cl)cc2Cl)NC(=O)c2ccccc2)c1. The lowest BCUT2D eigenvalue weighted by molar-refractivity contribution is -0.114. The number of halogens is 2. The van der Waals surface area contributed by atoms with Crippen LogP contribution in [-0.4, -0.2) is 23.5 Å². The van der Waals surface area contributed by atoms with E-state index in [1.807, 2.05) is 37.3 Å². The second-order valence-corrected chi connectivity index (χ2v) is 10.6. The second kappa shape index (κ2) is 13.8. The number of hydrogen-bond acceptors (Lipinski definition) is 4. The summed E-state index contributed by atoms with van der Waals surface area (Å²) < 4.78 is 0. The minimum atomic E-state index is -0.547. The Morgan fingerprint density at radius 3 is 2.33 bits per heavy atom. The van der Waals surface area contributed by atoms with Gasteiger partial charge in [0.15, 0.2) is 0 Å². The molecule has 0 saturated carbocycles. The number of anilines is 2. The van der Waals surface area contributed by atoms with E-state index in [9.17, 15) is 14.4 Å². The Kier molecular flexibility index (Phi) is 10.0. The summed E-state index contributed by atoms with van der Waals surface area (Å²) in [4.78, 5) is 39.5. The third-order valence-electron chi connectivity index (χ3n) is 5.67. The van der Waals surface area contributed by atoms with Crippen molar-refractivity contribution in [1.82, 2.24) is 5.32 Å². The predicted molar refractivity (Wildman–Crippen MR) is 164 cm³/mol. The van der Waals surface area contributed by atoms with Gasteiger partial charge in [-0.05, 0) is 72.7 Å². The van der Waals surface area contributed by atoms with Crippen molar-refractivity contribution in [3.8, 4) is 0 Å². The highest BCUT2D eigenvalue weighted by Crippen LogP contribution is 2.25. The predicted octanol–water partition coefficient (Wildman–Crippen LogP) is 7.44. The molecular weight excluding hydrogens is 565 g/mol. The first-order valence-corrected chi connectivity index (χ1v) is 14.0. The molecule has 0 unspecified atom stereocenters. The van der Waals surface area contributed by atoms with Crippen LogP contribution in [0.1, 0.15) is 21.5 Å². The molecule has 6 nitrogen and oxygen atoms in total. The van der Waals surface area contributed by atoms with E-state index in [-0.39, 0.29) is 17.4 Å². The number of amides is 3. The van der Waals surface area contributed by atoms with E-state index >= 15 is 0 Å². The van der Waals surface area contributed by atoms with Crippen molar-refractivity contribution < 1.29 is 14.4 Å². The zero-order valence-electron chi connectivity index (χ0n) is 21.4. The van der Waals surface area contributed by atoms with Gasteiger partial charge < -0.3 is 16.0 Å². The van der Waals surface area contributed by atoms with E-state index in [1.165, 1.54) is 17.8 Å². The molecule has 3 amide bonds. The van der Waals surface area contributed by atoms with Crippen LogP contribution >= 0.6 is 35.0 Å². The highest BCUT2D eigenvalue weighted by molar-refractivity contribution is 8.00. The van der Waals surface area contributed by atoms with Gasteiger partial charge in [-0.2, -0.15) is 0 Å². The molecule has 3 N–H and O–H groups in total. The van der Waals surface area contributed by atoms with E-state index in [2.05, 4.69) is 16.0 Å². The third kappa shape index (κ3) is 8.23. The summed E-state index contributed by atoms with van der Waals surface area (Å²) in [5, 5.41) is 9.19. The summed E-state index contributed by atoms with van der Waals surface area (Å²) in [6.45, 7) is 1.93. The Hall–Kier alpha value is -4.04. The van der Waals surface area contributed by atoms with E-state index in [0.29, 0.717) is 26.9 Å². The molecule has 0 spiro atoms. The van der Waals surface area contributed by atoms with Gasteiger partial charge in [0.2, 0.25) is 5.91 Å². The van der Waals surface area contributed by atoms with Gasteiger partial charge in [-0.25, -0.2) is 0 Å². The number of nitrogens with one attached hydrogen (secondary N) is 3. The van der Waals surface area contributed by atoms with Crippen molar-refractivity contribution in [1.29, 1.82) is 0 Å². The molecule has 4 rings (SSSR count). The average molecular weight is 591 g/mol. The van der Waals surface area contributed by atoms with E-state index in [1.54, 1.807) is 66.7 Å². The van der Waals surface area contributed by atoms with Crippen LogP contribution in [0.2, 0.25) is 10.0 Å². The Bertz CT molecular complexity index is 1580. The molecule has 0 heterocycles. The molecular formula is C31H25Cl2N3O3S. The molecule has 0 aromatic heterocycles. The van der Waals surface area contributed by atoms with Crippen LogP contribution in [0.25, 0.3) is 6.08 Å². The van der Waals surface area contributed by atoms with Gasteiger partial charge in [0, 0.05) is 31.9 Å². The highest BCUT2D eigenvalue weighted by atomic mass is 35.5. The summed E-state index contributed by atoms with van der Waals surface area (Å²) in [5.41, 5.74) is 3.14. The standard InChI is InChI=1S/C31H25Cl2N3O3S/c1-20-8-5-6-13-27(20)35-29(37)19-40-25-12-7-11-24(18-25)34-31(39)28(16-22-14-15-23(32)17-26(22)33)36-30(38)21-9-3-2-4-10-21/h2-18H,19H2,1H3,(H,34,39)(H,35,37)(H,36,38)/b28-16+. The van der Waals surface area contributed by atoms with Gasteiger partial charge in [-0.3, -0.25) is 14.4 Å². The normalized spacial score (nSPS) is 11.0. The fraction of sp³-hybridized carbons (Fsp3) is 0.0645. The molecule has 0 atom stereocenters. The lowest BCUT2D eigenvalue weighted by Crippen LogP contribution is -2.30. The van der Waals surface area contributed by atoms with E-state index in [0.717, 1.165) is 16.1 Å². The first kappa shape index (κ1) is 29.0. The molecule has 0 saturated heterocycles. The molecule has 9 heteroatoms. The molecule has 202 valence electrons. The van der Waals surface area contributed by atoms with Crippen LogP contribution in [0.3, 0.4) is 0 Å². The minimum absolute atomic E-state index is 0.00580. The summed E-state index contributed by atoms with van der Waals surface area (Å²) in [6, 6.07) is 28.1. The third-order valence-corrected chi connectivity index (χ3v) is 7.23. The number of carbonyl (C=O) groups excluding carboxylic acids is 3. The number of carbonyl (C=O) groups is 3. The van der Waals surface area contributed by atoms with Crippen molar-refractivity contribution >= 4 is 70.1 Å². The van der Waals surface area contributed by atoms with Gasteiger partial charge in [-0.15, -0.1) is 11.8 Å². The van der Waals surface area contributed by atoms with E-state index < -0.39 is 11.8 Å². The van der Waals surface area contributed by atoms with Crippen molar-refractivity contribution in [2.45, 2.75) is 11.8 Å². The molecule has 0 radical (unpaired) electrons. The fourth-order valence-electron chi connectivity index (χ4n) is 3.63. The van der Waals surface area contributed by atoms with Crippen LogP contribution in [-0.2, 0) is 9.59 Å². The Morgan fingerprint density at radius 1 is 0.825 bits per heavy atom. The zero-order valence-corrected chi connectivity index (χ0v) is 23.7. The smallest absolute Gasteiger partial charge is 0.272 e. The topological polar surface area (TPSA) is 87.3 Å².